The minimum Gasteiger partial charge on any atom is -0.389 e. The van der Waals surface area contributed by atoms with Gasteiger partial charge in [0.05, 0.1) is 0 Å². The van der Waals surface area contributed by atoms with Crippen LogP contribution in [0, 0.1) is 0 Å². The fourth-order valence-electron chi connectivity index (χ4n) is 1.94. The summed E-state index contributed by atoms with van der Waals surface area (Å²) in [5.41, 5.74) is 7.55. The minimum atomic E-state index is 0.0953. The molecular weight excluding hydrogens is 290 g/mol. The molecule has 0 spiro atoms. The van der Waals surface area contributed by atoms with Crippen molar-refractivity contribution in [1.82, 2.24) is 5.32 Å². The van der Waals surface area contributed by atoms with Crippen LogP contribution >= 0.6 is 24.0 Å². The van der Waals surface area contributed by atoms with Crippen LogP contribution in [0.5, 0.6) is 0 Å². The minimum absolute atomic E-state index is 0.0953. The lowest BCUT2D eigenvalue weighted by Crippen LogP contribution is -2.27. The van der Waals surface area contributed by atoms with Crippen molar-refractivity contribution in [3.8, 4) is 0 Å². The van der Waals surface area contributed by atoms with E-state index >= 15 is 0 Å². The predicted octanol–water partition coefficient (Wildman–Crippen LogP) is 2.12. The van der Waals surface area contributed by atoms with Gasteiger partial charge in [-0.3, -0.25) is 4.79 Å². The zero-order valence-electron chi connectivity index (χ0n) is 11.4. The lowest BCUT2D eigenvalue weighted by Gasteiger charge is -2.14. The first-order chi connectivity index (χ1) is 9.61. The predicted molar refractivity (Wildman–Crippen MR) is 88.4 cm³/mol. The summed E-state index contributed by atoms with van der Waals surface area (Å²) < 4.78 is 0. The first-order valence-electron chi connectivity index (χ1n) is 6.62. The number of nitrogens with two attached hydrogens (primary N) is 1. The van der Waals surface area contributed by atoms with Crippen molar-refractivity contribution in [2.45, 2.75) is 30.2 Å². The molecule has 1 aliphatic rings. The lowest BCUT2D eigenvalue weighted by molar-refractivity contribution is -0.120. The Morgan fingerprint density at radius 3 is 2.85 bits per heavy atom. The molecule has 1 aromatic carbocycles. The van der Waals surface area contributed by atoms with Crippen molar-refractivity contribution in [3.05, 3.63) is 23.8 Å². The second kappa shape index (κ2) is 6.95. The fraction of sp³-hybridized carbons (Fsp3) is 0.429. The first-order valence-corrected chi connectivity index (χ1v) is 8.25. The molecule has 108 valence electrons. The van der Waals surface area contributed by atoms with Gasteiger partial charge < -0.3 is 16.4 Å². The number of nitrogens with one attached hydrogen (secondary N) is 2. The van der Waals surface area contributed by atoms with Crippen LogP contribution in [0.15, 0.2) is 23.1 Å². The van der Waals surface area contributed by atoms with Crippen molar-refractivity contribution < 1.29 is 4.79 Å². The molecule has 0 aromatic heterocycles. The summed E-state index contributed by atoms with van der Waals surface area (Å²) in [5, 5.41) is 6.22. The van der Waals surface area contributed by atoms with Crippen molar-refractivity contribution in [2.75, 3.05) is 18.1 Å². The smallest absolute Gasteiger partial charge is 0.221 e. The molecule has 0 aliphatic heterocycles. The average molecular weight is 309 g/mol. The highest BCUT2D eigenvalue weighted by molar-refractivity contribution is 7.98. The molecular formula is C14H19N3OS2. The molecule has 4 nitrogen and oxygen atoms in total. The number of amides is 1. The van der Waals surface area contributed by atoms with Crippen molar-refractivity contribution in [1.29, 1.82) is 0 Å². The molecule has 0 radical (unpaired) electrons. The molecule has 0 saturated heterocycles. The highest BCUT2D eigenvalue weighted by atomic mass is 32.2. The van der Waals surface area contributed by atoms with Gasteiger partial charge in [0.25, 0.3) is 0 Å². The zero-order chi connectivity index (χ0) is 14.5. The van der Waals surface area contributed by atoms with Crippen LogP contribution in [0.2, 0.25) is 0 Å². The number of rotatable bonds is 7. The molecule has 1 fully saturated rings. The van der Waals surface area contributed by atoms with E-state index in [4.69, 9.17) is 18.0 Å². The van der Waals surface area contributed by atoms with Crippen LogP contribution in [0.3, 0.4) is 0 Å². The maximum absolute atomic E-state index is 11.6. The van der Waals surface area contributed by atoms with E-state index in [0.29, 0.717) is 24.0 Å². The van der Waals surface area contributed by atoms with Crippen LogP contribution in [-0.4, -0.2) is 29.7 Å². The van der Waals surface area contributed by atoms with Gasteiger partial charge in [-0.05, 0) is 31.2 Å². The second-order valence-corrected chi connectivity index (χ2v) is 6.05. The Labute approximate surface area is 128 Å². The molecule has 1 saturated carbocycles. The van der Waals surface area contributed by atoms with E-state index in [9.17, 15) is 4.79 Å². The zero-order valence-corrected chi connectivity index (χ0v) is 13.1. The summed E-state index contributed by atoms with van der Waals surface area (Å²) in [5.74, 6) is 0.0953. The Balaban J connectivity index is 1.94. The summed E-state index contributed by atoms with van der Waals surface area (Å²) >= 11 is 6.72. The van der Waals surface area contributed by atoms with Gasteiger partial charge in [-0.25, -0.2) is 0 Å². The van der Waals surface area contributed by atoms with Crippen molar-refractivity contribution in [2.24, 2.45) is 5.73 Å². The SMILES string of the molecule is CSc1cccc(NCCC(=O)NC2CC2)c1C(N)=S. The number of thiocarbonyl (C=S) groups is 1. The lowest BCUT2D eigenvalue weighted by atomic mass is 10.1. The molecule has 0 bridgehead atoms. The maximum atomic E-state index is 11.6. The van der Waals surface area contributed by atoms with E-state index in [1.165, 1.54) is 0 Å². The van der Waals surface area contributed by atoms with E-state index in [0.717, 1.165) is 29.0 Å². The number of hydrogen-bond acceptors (Lipinski definition) is 4. The molecule has 2 rings (SSSR count). The average Bonchev–Trinajstić information content (AvgIpc) is 3.21. The quantitative estimate of drug-likeness (QED) is 0.532. The number of carbonyl (C=O) groups is 1. The molecule has 1 aliphatic carbocycles. The van der Waals surface area contributed by atoms with Gasteiger partial charge in [-0.2, -0.15) is 0 Å². The molecule has 0 heterocycles. The Bertz CT molecular complexity index is 515. The summed E-state index contributed by atoms with van der Waals surface area (Å²) in [6.45, 7) is 0.575. The number of carbonyl (C=O) groups excluding carboxylic acids is 1. The number of thioether (sulfide) groups is 1. The topological polar surface area (TPSA) is 67.2 Å². The third kappa shape index (κ3) is 4.11. The highest BCUT2D eigenvalue weighted by Gasteiger charge is 2.22. The Hall–Kier alpha value is -1.27. The fourth-order valence-corrected chi connectivity index (χ4v) is 2.86. The van der Waals surface area contributed by atoms with E-state index in [1.807, 2.05) is 24.5 Å². The van der Waals surface area contributed by atoms with Gasteiger partial charge in [0.2, 0.25) is 5.91 Å². The van der Waals surface area contributed by atoms with Gasteiger partial charge in [-0.15, -0.1) is 11.8 Å². The third-order valence-electron chi connectivity index (χ3n) is 3.10. The number of anilines is 1. The Morgan fingerprint density at radius 2 is 2.25 bits per heavy atom. The first kappa shape index (κ1) is 15.1. The molecule has 1 aromatic rings. The number of hydrogen-bond donors (Lipinski definition) is 3. The van der Waals surface area contributed by atoms with E-state index < -0.39 is 0 Å². The van der Waals surface area contributed by atoms with Crippen LogP contribution in [-0.2, 0) is 4.79 Å². The summed E-state index contributed by atoms with van der Waals surface area (Å²) in [4.78, 5) is 13.0. The van der Waals surface area contributed by atoms with Gasteiger partial charge in [0.1, 0.15) is 4.99 Å². The normalized spacial score (nSPS) is 13.8. The second-order valence-electron chi connectivity index (χ2n) is 4.77. The van der Waals surface area contributed by atoms with Crippen LogP contribution in [0.25, 0.3) is 0 Å². The van der Waals surface area contributed by atoms with Crippen LogP contribution in [0.1, 0.15) is 24.8 Å². The Morgan fingerprint density at radius 1 is 1.50 bits per heavy atom. The van der Waals surface area contributed by atoms with E-state index in [1.54, 1.807) is 11.8 Å². The number of benzene rings is 1. The van der Waals surface area contributed by atoms with E-state index in [2.05, 4.69) is 10.6 Å². The standard InChI is InChI=1S/C14H19N3OS2/c1-20-11-4-2-3-10(13(11)14(15)19)16-8-7-12(18)17-9-5-6-9/h2-4,9,16H,5-8H2,1H3,(H2,15,19)(H,17,18). The summed E-state index contributed by atoms with van der Waals surface area (Å²) in [6, 6.07) is 6.30. The molecule has 6 heteroatoms. The van der Waals surface area contributed by atoms with Crippen LogP contribution < -0.4 is 16.4 Å². The molecule has 0 unspecified atom stereocenters. The molecule has 0 atom stereocenters. The van der Waals surface area contributed by atoms with E-state index in [-0.39, 0.29) is 5.91 Å². The largest absolute Gasteiger partial charge is 0.389 e. The summed E-state index contributed by atoms with van der Waals surface area (Å²) in [7, 11) is 0. The van der Waals surface area contributed by atoms with Crippen molar-refractivity contribution in [3.63, 3.8) is 0 Å². The van der Waals surface area contributed by atoms with Gasteiger partial charge in [-0.1, -0.05) is 18.3 Å². The molecule has 20 heavy (non-hydrogen) atoms. The van der Waals surface area contributed by atoms with Crippen molar-refractivity contribution >= 4 is 40.6 Å². The van der Waals surface area contributed by atoms with Gasteiger partial charge in [0, 0.05) is 35.2 Å². The van der Waals surface area contributed by atoms with Gasteiger partial charge in [0.15, 0.2) is 0 Å². The highest BCUT2D eigenvalue weighted by Crippen LogP contribution is 2.27. The molecule has 1 amide bonds. The Kier molecular flexibility index (Phi) is 5.25. The third-order valence-corrected chi connectivity index (χ3v) is 4.09. The monoisotopic (exact) mass is 309 g/mol. The summed E-state index contributed by atoms with van der Waals surface area (Å²) in [6.07, 6.45) is 4.67. The molecule has 4 N–H and O–H groups in total. The van der Waals surface area contributed by atoms with Crippen LogP contribution in [0.4, 0.5) is 5.69 Å². The maximum Gasteiger partial charge on any atom is 0.221 e. The van der Waals surface area contributed by atoms with Gasteiger partial charge >= 0.3 is 0 Å².